The molecule has 0 radical (unpaired) electrons. The molecule has 5 heteroatoms. The maximum Gasteiger partial charge on any atom is 0.256 e. The quantitative estimate of drug-likeness (QED) is 0.807. The van der Waals surface area contributed by atoms with Gasteiger partial charge in [0.25, 0.3) is 5.91 Å². The van der Waals surface area contributed by atoms with Gasteiger partial charge in [-0.1, -0.05) is 12.1 Å². The lowest BCUT2D eigenvalue weighted by molar-refractivity contribution is 0.0911. The van der Waals surface area contributed by atoms with Gasteiger partial charge >= 0.3 is 0 Å². The molecule has 1 aromatic rings. The molecule has 1 atom stereocenters. The zero-order chi connectivity index (χ0) is 11.5. The number of aromatic nitrogens is 1. The summed E-state index contributed by atoms with van der Waals surface area (Å²) in [7, 11) is 0. The van der Waals surface area contributed by atoms with Gasteiger partial charge in [0.05, 0.1) is 11.7 Å². The van der Waals surface area contributed by atoms with Gasteiger partial charge in [-0.15, -0.1) is 11.6 Å². The van der Waals surface area contributed by atoms with Crippen LogP contribution in [0.15, 0.2) is 10.7 Å². The highest BCUT2D eigenvalue weighted by Crippen LogP contribution is 2.14. The fourth-order valence-electron chi connectivity index (χ4n) is 1.07. The number of alkyl halides is 1. The van der Waals surface area contributed by atoms with Crippen LogP contribution in [0.4, 0.5) is 0 Å². The fourth-order valence-corrected chi connectivity index (χ4v) is 1.33. The second kappa shape index (κ2) is 4.66. The van der Waals surface area contributed by atoms with Gasteiger partial charge < -0.3 is 9.84 Å². The van der Waals surface area contributed by atoms with Crippen molar-refractivity contribution in [3.05, 3.63) is 17.5 Å². The van der Waals surface area contributed by atoms with E-state index in [0.29, 0.717) is 17.2 Å². The average Bonchev–Trinajstić information content (AvgIpc) is 2.64. The van der Waals surface area contributed by atoms with Crippen LogP contribution in [0, 0.1) is 6.92 Å². The molecule has 1 rings (SSSR count). The zero-order valence-electron chi connectivity index (χ0n) is 9.13. The van der Waals surface area contributed by atoms with E-state index < -0.39 is 0 Å². The Hall–Kier alpha value is -1.03. The summed E-state index contributed by atoms with van der Waals surface area (Å²) < 4.78 is 4.82. The summed E-state index contributed by atoms with van der Waals surface area (Å²) in [6, 6.07) is 0. The molecule has 1 heterocycles. The van der Waals surface area contributed by atoms with Crippen molar-refractivity contribution < 1.29 is 9.32 Å². The van der Waals surface area contributed by atoms with Crippen LogP contribution in [-0.4, -0.2) is 22.5 Å². The Morgan fingerprint density at radius 1 is 1.73 bits per heavy atom. The molecule has 4 nitrogen and oxygen atoms in total. The normalized spacial score (nSPS) is 14.7. The summed E-state index contributed by atoms with van der Waals surface area (Å²) in [5.74, 6) is 0.693. The van der Waals surface area contributed by atoms with Crippen molar-refractivity contribution in [2.75, 3.05) is 5.88 Å². The lowest BCUT2D eigenvalue weighted by Gasteiger charge is -2.26. The van der Waals surface area contributed by atoms with E-state index in [1.54, 1.807) is 6.92 Å². The molecule has 84 valence electrons. The summed E-state index contributed by atoms with van der Waals surface area (Å²) >= 11 is 5.80. The van der Waals surface area contributed by atoms with Crippen molar-refractivity contribution in [2.45, 2.75) is 32.7 Å². The number of carbonyl (C=O) groups is 1. The van der Waals surface area contributed by atoms with Crippen molar-refractivity contribution in [1.82, 2.24) is 10.5 Å². The highest BCUT2D eigenvalue weighted by Gasteiger charge is 2.25. The molecule has 0 aliphatic rings. The monoisotopic (exact) mass is 230 g/mol. The summed E-state index contributed by atoms with van der Waals surface area (Å²) in [4.78, 5) is 11.8. The maximum atomic E-state index is 11.8. The first-order valence-corrected chi connectivity index (χ1v) is 5.35. The molecule has 0 saturated carbocycles. The first kappa shape index (κ1) is 12.0. The Bertz CT molecular complexity index is 345. The van der Waals surface area contributed by atoms with Gasteiger partial charge in [0.15, 0.2) is 0 Å². The maximum absolute atomic E-state index is 11.8. The number of aryl methyl sites for hydroxylation is 1. The molecule has 1 aromatic heterocycles. The second-order valence-corrected chi connectivity index (χ2v) is 4.06. The predicted molar refractivity (Wildman–Crippen MR) is 58.1 cm³/mol. The number of hydrogen-bond donors (Lipinski definition) is 1. The Morgan fingerprint density at radius 2 is 2.40 bits per heavy atom. The SMILES string of the molecule is CCC(C)(CCl)NC(=O)c1cnoc1C. The third kappa shape index (κ3) is 2.72. The number of amides is 1. The molecule has 15 heavy (non-hydrogen) atoms. The molecule has 0 bridgehead atoms. The van der Waals surface area contributed by atoms with E-state index >= 15 is 0 Å². The zero-order valence-corrected chi connectivity index (χ0v) is 9.89. The van der Waals surface area contributed by atoms with Crippen LogP contribution in [0.2, 0.25) is 0 Å². The molecule has 0 fully saturated rings. The van der Waals surface area contributed by atoms with Gasteiger partial charge in [0, 0.05) is 5.88 Å². The lowest BCUT2D eigenvalue weighted by Crippen LogP contribution is -2.47. The van der Waals surface area contributed by atoms with Crippen LogP contribution < -0.4 is 5.32 Å². The molecule has 1 N–H and O–H groups in total. The first-order chi connectivity index (χ1) is 7.02. The van der Waals surface area contributed by atoms with Crippen molar-refractivity contribution >= 4 is 17.5 Å². The van der Waals surface area contributed by atoms with Crippen LogP contribution in [0.3, 0.4) is 0 Å². The van der Waals surface area contributed by atoms with Crippen LogP contribution in [-0.2, 0) is 0 Å². The Kier molecular flexibility index (Phi) is 3.74. The predicted octanol–water partition coefficient (Wildman–Crippen LogP) is 2.12. The second-order valence-electron chi connectivity index (χ2n) is 3.80. The van der Waals surface area contributed by atoms with E-state index in [1.807, 2.05) is 13.8 Å². The summed E-state index contributed by atoms with van der Waals surface area (Å²) in [5.41, 5.74) is 0.0716. The van der Waals surface area contributed by atoms with E-state index in [2.05, 4.69) is 10.5 Å². The number of nitrogens with zero attached hydrogens (tertiary/aromatic N) is 1. The Balaban J connectivity index is 2.76. The standard InChI is InChI=1S/C10H15ClN2O2/c1-4-10(3,6-11)13-9(14)8-5-12-15-7(8)2/h5H,4,6H2,1-3H3,(H,13,14). The minimum Gasteiger partial charge on any atom is -0.361 e. The topological polar surface area (TPSA) is 55.1 Å². The summed E-state index contributed by atoms with van der Waals surface area (Å²) in [5, 5.41) is 6.42. The third-order valence-corrected chi connectivity index (χ3v) is 3.08. The molecule has 0 aliphatic carbocycles. The molecule has 0 aromatic carbocycles. The summed E-state index contributed by atoms with van der Waals surface area (Å²) in [6.07, 6.45) is 2.18. The number of rotatable bonds is 4. The van der Waals surface area contributed by atoms with Gasteiger partial charge in [0.2, 0.25) is 0 Å². The largest absolute Gasteiger partial charge is 0.361 e. The first-order valence-electron chi connectivity index (χ1n) is 4.82. The van der Waals surface area contributed by atoms with Crippen molar-refractivity contribution in [3.8, 4) is 0 Å². The van der Waals surface area contributed by atoms with Gasteiger partial charge in [-0.05, 0) is 20.3 Å². The number of hydrogen-bond acceptors (Lipinski definition) is 3. The van der Waals surface area contributed by atoms with Gasteiger partial charge in [-0.2, -0.15) is 0 Å². The molecule has 1 unspecified atom stereocenters. The van der Waals surface area contributed by atoms with E-state index in [1.165, 1.54) is 6.20 Å². The number of carbonyl (C=O) groups excluding carboxylic acids is 1. The van der Waals surface area contributed by atoms with E-state index in [-0.39, 0.29) is 11.4 Å². The van der Waals surface area contributed by atoms with E-state index in [9.17, 15) is 4.79 Å². The average molecular weight is 231 g/mol. The Labute approximate surface area is 94.0 Å². The van der Waals surface area contributed by atoms with Crippen LogP contribution in [0.1, 0.15) is 36.4 Å². The third-order valence-electron chi connectivity index (χ3n) is 2.49. The lowest BCUT2D eigenvalue weighted by atomic mass is 10.0. The number of halogens is 1. The van der Waals surface area contributed by atoms with Crippen molar-refractivity contribution in [3.63, 3.8) is 0 Å². The molecule has 0 saturated heterocycles. The molecular weight excluding hydrogens is 216 g/mol. The minimum atomic E-state index is -0.387. The van der Waals surface area contributed by atoms with Gasteiger partial charge in [-0.25, -0.2) is 0 Å². The minimum absolute atomic E-state index is 0.196. The molecular formula is C10H15ClN2O2. The number of nitrogens with one attached hydrogen (secondary N) is 1. The summed E-state index contributed by atoms with van der Waals surface area (Å²) in [6.45, 7) is 5.58. The Morgan fingerprint density at radius 3 is 2.80 bits per heavy atom. The van der Waals surface area contributed by atoms with Crippen molar-refractivity contribution in [2.24, 2.45) is 0 Å². The highest BCUT2D eigenvalue weighted by molar-refractivity contribution is 6.18. The van der Waals surface area contributed by atoms with Crippen LogP contribution in [0.5, 0.6) is 0 Å². The van der Waals surface area contributed by atoms with Gasteiger partial charge in [-0.3, -0.25) is 4.79 Å². The molecule has 1 amide bonds. The van der Waals surface area contributed by atoms with Crippen molar-refractivity contribution in [1.29, 1.82) is 0 Å². The van der Waals surface area contributed by atoms with E-state index in [0.717, 1.165) is 6.42 Å². The van der Waals surface area contributed by atoms with Gasteiger partial charge in [0.1, 0.15) is 11.3 Å². The van der Waals surface area contributed by atoms with Crippen LogP contribution >= 0.6 is 11.6 Å². The molecule has 0 spiro atoms. The fraction of sp³-hybridized carbons (Fsp3) is 0.600. The van der Waals surface area contributed by atoms with E-state index in [4.69, 9.17) is 16.1 Å². The molecule has 0 aliphatic heterocycles. The smallest absolute Gasteiger partial charge is 0.256 e. The van der Waals surface area contributed by atoms with Crippen LogP contribution in [0.25, 0.3) is 0 Å². The highest BCUT2D eigenvalue weighted by atomic mass is 35.5.